The van der Waals surface area contributed by atoms with E-state index in [1.165, 1.54) is 12.2 Å². The van der Waals surface area contributed by atoms with Gasteiger partial charge in [0.1, 0.15) is 8.77 Å². The van der Waals surface area contributed by atoms with Crippen LogP contribution in [0.15, 0.2) is 11.6 Å². The van der Waals surface area contributed by atoms with E-state index in [4.69, 9.17) is 15.4 Å². The molecule has 0 aliphatic carbocycles. The van der Waals surface area contributed by atoms with Gasteiger partial charge in [-0.2, -0.15) is 5.06 Å². The van der Waals surface area contributed by atoms with Crippen LogP contribution in [0.5, 0.6) is 0 Å². The van der Waals surface area contributed by atoms with Gasteiger partial charge >= 0.3 is 0 Å². The topological polar surface area (TPSA) is 49.8 Å². The van der Waals surface area contributed by atoms with Crippen molar-refractivity contribution in [1.82, 2.24) is 5.06 Å². The van der Waals surface area contributed by atoms with Crippen molar-refractivity contribution in [3.05, 3.63) is 11.6 Å². The molecule has 6 heteroatoms. The third-order valence-corrected chi connectivity index (χ3v) is 4.91. The van der Waals surface area contributed by atoms with Crippen LogP contribution in [0.1, 0.15) is 27.7 Å². The van der Waals surface area contributed by atoms with E-state index in [1.54, 1.807) is 0 Å². The second kappa shape index (κ2) is 4.03. The van der Waals surface area contributed by atoms with Gasteiger partial charge in [0.05, 0.1) is 23.9 Å². The second-order valence-corrected chi connectivity index (χ2v) is 8.32. The van der Waals surface area contributed by atoms with Crippen LogP contribution in [0, 0.1) is 0 Å². The molecule has 0 spiro atoms. The van der Waals surface area contributed by atoms with E-state index in [2.05, 4.69) is 0 Å². The first-order valence-corrected chi connectivity index (χ1v) is 7.60. The van der Waals surface area contributed by atoms with E-state index in [9.17, 15) is 9.42 Å². The zero-order valence-electron chi connectivity index (χ0n) is 10.3. The molecule has 1 heterocycles. The van der Waals surface area contributed by atoms with Gasteiger partial charge in [0.25, 0.3) is 0 Å². The van der Waals surface area contributed by atoms with Crippen LogP contribution in [0.3, 0.4) is 0 Å². The summed E-state index contributed by atoms with van der Waals surface area (Å²) in [6.07, 6.45) is 1.90. The average Bonchev–Trinajstić information content (AvgIpc) is 2.27. The summed E-state index contributed by atoms with van der Waals surface area (Å²) in [4.78, 5) is 0. The van der Waals surface area contributed by atoms with Crippen LogP contribution in [-0.2, 0) is 24.1 Å². The molecule has 0 unspecified atom stereocenters. The Kier molecular flexibility index (Phi) is 3.54. The van der Waals surface area contributed by atoms with Gasteiger partial charge in [0.15, 0.2) is 0 Å². The molecule has 94 valence electrons. The highest BCUT2D eigenvalue weighted by Gasteiger charge is 2.45. The molecular weight excluding hydrogens is 246 g/mol. The summed E-state index contributed by atoms with van der Waals surface area (Å²) in [5.41, 5.74) is -0.192. The van der Waals surface area contributed by atoms with E-state index in [0.717, 1.165) is 5.57 Å². The van der Waals surface area contributed by atoms with Gasteiger partial charge in [0.2, 0.25) is 0 Å². The molecule has 16 heavy (non-hydrogen) atoms. The highest BCUT2D eigenvalue weighted by molar-refractivity contribution is 8.30. The minimum absolute atomic E-state index is 0.173. The largest absolute Gasteiger partial charge is 0.312 e. The van der Waals surface area contributed by atoms with Crippen LogP contribution < -0.4 is 0 Å². The van der Waals surface area contributed by atoms with Crippen molar-refractivity contribution < 1.29 is 13.6 Å². The van der Waals surface area contributed by atoms with Crippen molar-refractivity contribution in [3.63, 3.8) is 0 Å². The molecule has 0 aromatic heterocycles. The lowest BCUT2D eigenvalue weighted by atomic mass is 9.98. The minimum atomic E-state index is -2.72. The first-order chi connectivity index (χ1) is 7.03. The zero-order valence-corrected chi connectivity index (χ0v) is 11.9. The smallest absolute Gasteiger partial charge is 0.147 e. The Morgan fingerprint density at radius 3 is 2.31 bits per heavy atom. The Morgan fingerprint density at radius 2 is 2.00 bits per heavy atom. The van der Waals surface area contributed by atoms with Crippen LogP contribution in [0.2, 0.25) is 0 Å². The Labute approximate surface area is 102 Å². The van der Waals surface area contributed by atoms with Crippen molar-refractivity contribution in [2.24, 2.45) is 0 Å². The fourth-order valence-electron chi connectivity index (χ4n) is 1.99. The van der Waals surface area contributed by atoms with Crippen molar-refractivity contribution in [3.8, 4) is 0 Å². The van der Waals surface area contributed by atoms with Gasteiger partial charge in [-0.15, -0.1) is 0 Å². The van der Waals surface area contributed by atoms with Crippen molar-refractivity contribution >= 4 is 20.0 Å². The van der Waals surface area contributed by atoms with Crippen LogP contribution in [-0.4, -0.2) is 38.4 Å². The first kappa shape index (κ1) is 14.1. The third-order valence-electron chi connectivity index (χ3n) is 2.97. The molecule has 1 aliphatic heterocycles. The average molecular weight is 265 g/mol. The molecule has 0 bridgehead atoms. The maximum absolute atomic E-state index is 11.8. The fourth-order valence-corrected chi connectivity index (χ4v) is 3.30. The molecule has 0 fully saturated rings. The predicted molar refractivity (Wildman–Crippen MR) is 67.2 cm³/mol. The van der Waals surface area contributed by atoms with Crippen LogP contribution in [0.25, 0.3) is 0 Å². The lowest BCUT2D eigenvalue weighted by Crippen LogP contribution is -2.48. The van der Waals surface area contributed by atoms with Gasteiger partial charge in [-0.1, -0.05) is 6.08 Å². The van der Waals surface area contributed by atoms with Gasteiger partial charge in [0, 0.05) is 11.2 Å². The number of rotatable bonds is 3. The predicted octanol–water partition coefficient (Wildman–Crippen LogP) is 1.48. The zero-order chi connectivity index (χ0) is 12.8. The molecular formula is C10H19NO3S2. The van der Waals surface area contributed by atoms with E-state index < -0.39 is 19.9 Å². The molecule has 1 aliphatic rings. The summed E-state index contributed by atoms with van der Waals surface area (Å²) in [6, 6.07) is 0. The monoisotopic (exact) mass is 265 g/mol. The SMILES string of the molecule is CO[S@](=O)(=S)CC1=CC(C)(C)N(O)C1(C)C. The number of hydroxylamine groups is 2. The maximum Gasteiger partial charge on any atom is 0.147 e. The normalized spacial score (nSPS) is 27.5. The number of hydrogen-bond acceptors (Lipinski definition) is 5. The summed E-state index contributed by atoms with van der Waals surface area (Å²) < 4.78 is 16.6. The van der Waals surface area contributed by atoms with E-state index >= 15 is 0 Å². The number of hydrogen-bond donors (Lipinski definition) is 1. The quantitative estimate of drug-likeness (QED) is 0.783. The maximum atomic E-state index is 11.8. The Balaban J connectivity index is 3.07. The molecule has 0 saturated heterocycles. The van der Waals surface area contributed by atoms with Gasteiger partial charge in [-0.05, 0) is 33.3 Å². The lowest BCUT2D eigenvalue weighted by molar-refractivity contribution is -0.185. The molecule has 4 nitrogen and oxygen atoms in total. The van der Waals surface area contributed by atoms with Crippen molar-refractivity contribution in [2.75, 3.05) is 12.9 Å². The highest BCUT2D eigenvalue weighted by Crippen LogP contribution is 2.38. The number of nitrogens with zero attached hydrogens (tertiary/aromatic N) is 1. The van der Waals surface area contributed by atoms with E-state index in [-0.39, 0.29) is 5.75 Å². The summed E-state index contributed by atoms with van der Waals surface area (Å²) >= 11 is 4.86. The molecule has 0 aromatic carbocycles. The minimum Gasteiger partial charge on any atom is -0.312 e. The Hall–Kier alpha value is -0.0100. The summed E-state index contributed by atoms with van der Waals surface area (Å²) in [5, 5.41) is 11.3. The van der Waals surface area contributed by atoms with Crippen molar-refractivity contribution in [2.45, 2.75) is 38.8 Å². The van der Waals surface area contributed by atoms with Crippen LogP contribution >= 0.6 is 0 Å². The Morgan fingerprint density at radius 1 is 1.50 bits per heavy atom. The van der Waals surface area contributed by atoms with E-state index in [1.807, 2.05) is 33.8 Å². The summed E-state index contributed by atoms with van der Waals surface area (Å²) in [5.74, 6) is 0.173. The van der Waals surface area contributed by atoms with E-state index in [0.29, 0.717) is 0 Å². The standard InChI is InChI=1S/C10H19NO3S2/c1-9(2)6-8(7-16(13,15)14-5)10(3,4)11(9)12/h6,12H,7H2,1-5H3/t16-/m0/s1. The third kappa shape index (κ3) is 2.46. The second-order valence-electron chi connectivity index (χ2n) is 5.06. The molecule has 0 saturated carbocycles. The van der Waals surface area contributed by atoms with Gasteiger partial charge in [-0.25, -0.2) is 4.21 Å². The summed E-state index contributed by atoms with van der Waals surface area (Å²) in [6.45, 7) is 7.52. The van der Waals surface area contributed by atoms with Gasteiger partial charge in [-0.3, -0.25) is 4.18 Å². The van der Waals surface area contributed by atoms with Crippen molar-refractivity contribution in [1.29, 1.82) is 0 Å². The summed E-state index contributed by atoms with van der Waals surface area (Å²) in [7, 11) is -1.37. The molecule has 0 aromatic rings. The molecule has 1 N–H and O–H groups in total. The molecule has 1 atom stereocenters. The van der Waals surface area contributed by atoms with Gasteiger partial charge < -0.3 is 5.21 Å². The highest BCUT2D eigenvalue weighted by atomic mass is 32.8. The Bertz CT molecular complexity index is 410. The molecule has 0 amide bonds. The first-order valence-electron chi connectivity index (χ1n) is 5.03. The fraction of sp³-hybridized carbons (Fsp3) is 0.800. The lowest BCUT2D eigenvalue weighted by Gasteiger charge is -2.36. The van der Waals surface area contributed by atoms with Crippen LogP contribution in [0.4, 0.5) is 0 Å². The molecule has 0 radical (unpaired) electrons. The molecule has 1 rings (SSSR count).